The van der Waals surface area contributed by atoms with Crippen molar-refractivity contribution in [3.63, 3.8) is 0 Å². The van der Waals surface area contributed by atoms with Crippen molar-refractivity contribution in [2.24, 2.45) is 16.5 Å². The van der Waals surface area contributed by atoms with Crippen LogP contribution in [-0.2, 0) is 9.59 Å². The lowest BCUT2D eigenvalue weighted by atomic mass is 9.71. The number of rotatable bonds is 6. The minimum Gasteiger partial charge on any atom is -0.481 e. The normalized spacial score (nSPS) is 27.8. The summed E-state index contributed by atoms with van der Waals surface area (Å²) in [5, 5.41) is 15.2. The maximum Gasteiger partial charge on any atom is 0.303 e. The number of nitrogens with one attached hydrogen (secondary N) is 1. The van der Waals surface area contributed by atoms with Crippen LogP contribution in [0.25, 0.3) is 0 Å². The van der Waals surface area contributed by atoms with Gasteiger partial charge in [-0.25, -0.2) is 0 Å². The zero-order chi connectivity index (χ0) is 16.0. The van der Waals surface area contributed by atoms with E-state index in [2.05, 4.69) is 10.5 Å². The fourth-order valence-corrected chi connectivity index (χ4v) is 3.99. The van der Waals surface area contributed by atoms with Crippen LogP contribution in [0, 0.1) is 16.2 Å². The summed E-state index contributed by atoms with van der Waals surface area (Å²) in [5.41, 5.74) is -0.321. The zero-order valence-corrected chi connectivity index (χ0v) is 13.1. The molecule has 0 aromatic heterocycles. The van der Waals surface area contributed by atoms with Crippen molar-refractivity contribution in [3.05, 3.63) is 4.91 Å². The largest absolute Gasteiger partial charge is 0.481 e. The van der Waals surface area contributed by atoms with Crippen LogP contribution in [0.2, 0.25) is 0 Å². The molecule has 2 unspecified atom stereocenters. The minimum atomic E-state index is -0.804. The lowest BCUT2D eigenvalue weighted by Crippen LogP contribution is -2.45. The molecule has 0 radical (unpaired) electrons. The molecule has 2 saturated carbocycles. The minimum absolute atomic E-state index is 0.104. The van der Waals surface area contributed by atoms with Gasteiger partial charge in [-0.2, -0.15) is 4.91 Å². The number of nitroso groups, excluding NO2 is 1. The molecule has 2 N–H and O–H groups in total. The molecule has 2 atom stereocenters. The predicted octanol–water partition coefficient (Wildman–Crippen LogP) is 2.85. The van der Waals surface area contributed by atoms with Crippen LogP contribution in [0.3, 0.4) is 0 Å². The van der Waals surface area contributed by atoms with Crippen molar-refractivity contribution in [3.8, 4) is 0 Å². The number of carbonyl (C=O) groups is 2. The second-order valence-corrected chi connectivity index (χ2v) is 6.91. The van der Waals surface area contributed by atoms with Gasteiger partial charge in [0.2, 0.25) is 5.91 Å². The molecule has 0 aliphatic heterocycles. The SMILES string of the molecule is O=NC1CCCCC1C(=O)NCC1(CC(=O)O)CCCCC1. The summed E-state index contributed by atoms with van der Waals surface area (Å²) >= 11 is 0. The predicted molar refractivity (Wildman–Crippen MR) is 82.3 cm³/mol. The van der Waals surface area contributed by atoms with Gasteiger partial charge in [-0.15, -0.1) is 0 Å². The van der Waals surface area contributed by atoms with Gasteiger partial charge in [0.05, 0.1) is 12.3 Å². The van der Waals surface area contributed by atoms with Crippen LogP contribution < -0.4 is 5.32 Å². The van der Waals surface area contributed by atoms with Crippen LogP contribution in [-0.4, -0.2) is 29.6 Å². The fraction of sp³-hybridized carbons (Fsp3) is 0.875. The van der Waals surface area contributed by atoms with Gasteiger partial charge < -0.3 is 10.4 Å². The molecule has 2 rings (SSSR count). The summed E-state index contributed by atoms with van der Waals surface area (Å²) in [4.78, 5) is 34.4. The molecular formula is C16H26N2O4. The van der Waals surface area contributed by atoms with Crippen molar-refractivity contribution in [1.82, 2.24) is 5.32 Å². The van der Waals surface area contributed by atoms with E-state index in [1.165, 1.54) is 0 Å². The van der Waals surface area contributed by atoms with Crippen molar-refractivity contribution in [1.29, 1.82) is 0 Å². The van der Waals surface area contributed by atoms with Gasteiger partial charge >= 0.3 is 5.97 Å². The molecule has 6 heteroatoms. The smallest absolute Gasteiger partial charge is 0.303 e. The first-order chi connectivity index (χ1) is 10.6. The zero-order valence-electron chi connectivity index (χ0n) is 13.1. The Kier molecular flexibility index (Phi) is 5.91. The van der Waals surface area contributed by atoms with Gasteiger partial charge in [0.15, 0.2) is 0 Å². The Morgan fingerprint density at radius 1 is 1.09 bits per heavy atom. The highest BCUT2D eigenvalue weighted by Gasteiger charge is 2.37. The van der Waals surface area contributed by atoms with Crippen molar-refractivity contribution < 1.29 is 14.7 Å². The van der Waals surface area contributed by atoms with Gasteiger partial charge in [0.1, 0.15) is 6.04 Å². The highest BCUT2D eigenvalue weighted by molar-refractivity contribution is 5.79. The molecule has 0 aromatic rings. The van der Waals surface area contributed by atoms with Crippen LogP contribution in [0.4, 0.5) is 0 Å². The maximum absolute atomic E-state index is 12.4. The Balaban J connectivity index is 1.94. The lowest BCUT2D eigenvalue weighted by Gasteiger charge is -2.37. The number of nitrogens with zero attached hydrogens (tertiary/aromatic N) is 1. The first-order valence-corrected chi connectivity index (χ1v) is 8.38. The standard InChI is InChI=1S/C16H26N2O4/c19-14(20)10-16(8-4-1-5-9-16)11-17-15(21)12-6-2-3-7-13(12)18-22/h12-13H,1-11H2,(H,17,21)(H,19,20). The second-order valence-electron chi connectivity index (χ2n) is 6.91. The Hall–Kier alpha value is -1.46. The molecule has 6 nitrogen and oxygen atoms in total. The van der Waals surface area contributed by atoms with Crippen LogP contribution in [0.5, 0.6) is 0 Å². The number of hydrogen-bond acceptors (Lipinski definition) is 4. The highest BCUT2D eigenvalue weighted by atomic mass is 16.4. The van der Waals surface area contributed by atoms with Crippen molar-refractivity contribution in [2.45, 2.75) is 70.3 Å². The number of carbonyl (C=O) groups excluding carboxylic acids is 1. The molecule has 2 aliphatic rings. The van der Waals surface area contributed by atoms with E-state index in [-0.39, 0.29) is 23.7 Å². The van der Waals surface area contributed by atoms with Crippen molar-refractivity contribution in [2.75, 3.05) is 6.54 Å². The van der Waals surface area contributed by atoms with Gasteiger partial charge in [0, 0.05) is 6.54 Å². The second kappa shape index (κ2) is 7.70. The fourth-order valence-electron chi connectivity index (χ4n) is 3.99. The first kappa shape index (κ1) is 16.9. The first-order valence-electron chi connectivity index (χ1n) is 8.38. The highest BCUT2D eigenvalue weighted by Crippen LogP contribution is 2.39. The van der Waals surface area contributed by atoms with E-state index in [1.807, 2.05) is 0 Å². The van der Waals surface area contributed by atoms with Crippen molar-refractivity contribution >= 4 is 11.9 Å². The average molecular weight is 310 g/mol. The van der Waals surface area contributed by atoms with E-state index in [9.17, 15) is 14.5 Å². The molecule has 0 spiro atoms. The third kappa shape index (κ3) is 4.27. The molecule has 1 amide bonds. The molecule has 0 saturated heterocycles. The topological polar surface area (TPSA) is 95.8 Å². The van der Waals surface area contributed by atoms with E-state index < -0.39 is 12.0 Å². The van der Waals surface area contributed by atoms with Crippen LogP contribution in [0.15, 0.2) is 5.18 Å². The van der Waals surface area contributed by atoms with E-state index in [4.69, 9.17) is 5.11 Å². The molecule has 2 aliphatic carbocycles. The molecule has 0 aromatic carbocycles. The van der Waals surface area contributed by atoms with E-state index >= 15 is 0 Å². The van der Waals surface area contributed by atoms with Gasteiger partial charge in [0.25, 0.3) is 0 Å². The quantitative estimate of drug-likeness (QED) is 0.737. The monoisotopic (exact) mass is 310 g/mol. The van der Waals surface area contributed by atoms with Gasteiger partial charge in [-0.1, -0.05) is 37.3 Å². The number of carboxylic acids is 1. The molecule has 22 heavy (non-hydrogen) atoms. The number of hydrogen-bond donors (Lipinski definition) is 2. The summed E-state index contributed by atoms with van der Waals surface area (Å²) in [6, 6.07) is -0.421. The third-order valence-electron chi connectivity index (χ3n) is 5.28. The third-order valence-corrected chi connectivity index (χ3v) is 5.28. The number of amides is 1. The maximum atomic E-state index is 12.4. The molecule has 0 heterocycles. The Labute approximate surface area is 131 Å². The van der Waals surface area contributed by atoms with E-state index in [1.54, 1.807) is 0 Å². The molecular weight excluding hydrogens is 284 g/mol. The van der Waals surface area contributed by atoms with E-state index in [0.29, 0.717) is 19.4 Å². The Morgan fingerprint density at radius 3 is 2.41 bits per heavy atom. The number of aliphatic carboxylic acids is 1. The Bertz CT molecular complexity index is 418. The number of carboxylic acid groups (broad SMARTS) is 1. The van der Waals surface area contributed by atoms with E-state index in [0.717, 1.165) is 44.9 Å². The molecule has 124 valence electrons. The summed E-state index contributed by atoms with van der Waals surface area (Å²) in [7, 11) is 0. The molecule has 0 bridgehead atoms. The summed E-state index contributed by atoms with van der Waals surface area (Å²) < 4.78 is 0. The Morgan fingerprint density at radius 2 is 1.77 bits per heavy atom. The summed E-state index contributed by atoms with van der Waals surface area (Å²) in [6.07, 6.45) is 8.25. The van der Waals surface area contributed by atoms with Crippen LogP contribution >= 0.6 is 0 Å². The average Bonchev–Trinajstić information content (AvgIpc) is 2.53. The van der Waals surface area contributed by atoms with Gasteiger partial charge in [-0.3, -0.25) is 9.59 Å². The molecule has 2 fully saturated rings. The van der Waals surface area contributed by atoms with Gasteiger partial charge in [-0.05, 0) is 31.1 Å². The summed E-state index contributed by atoms with van der Waals surface area (Å²) in [6.45, 7) is 0.403. The lowest BCUT2D eigenvalue weighted by molar-refractivity contribution is -0.141. The summed E-state index contributed by atoms with van der Waals surface area (Å²) in [5.74, 6) is -1.27. The van der Waals surface area contributed by atoms with Crippen LogP contribution in [0.1, 0.15) is 64.2 Å².